The number of hydrogen-bond donors (Lipinski definition) is 0. The maximum absolute atomic E-state index is 10.7. The number of aldehydes is 1. The van der Waals surface area contributed by atoms with E-state index < -0.39 is 0 Å². The van der Waals surface area contributed by atoms with Gasteiger partial charge in [0.25, 0.3) is 0 Å². The van der Waals surface area contributed by atoms with E-state index in [9.17, 15) is 4.79 Å². The topological polar surface area (TPSA) is 47.8 Å². The quantitative estimate of drug-likeness (QED) is 0.574. The molecule has 0 aromatic carbocycles. The predicted molar refractivity (Wildman–Crippen MR) is 42.8 cm³/mol. The normalized spacial score (nSPS) is 21.9. The molecular weight excluding hydrogens is 154 g/mol. The lowest BCUT2D eigenvalue weighted by Crippen LogP contribution is -2.17. The van der Waals surface area contributed by atoms with Crippen molar-refractivity contribution in [2.75, 3.05) is 0 Å². The zero-order valence-electron chi connectivity index (χ0n) is 7.03. The Morgan fingerprint density at radius 3 is 3.25 bits per heavy atom. The van der Waals surface area contributed by atoms with Crippen molar-refractivity contribution in [1.29, 1.82) is 0 Å². The SMILES string of the molecule is Cc1nc2n(n1)CCCC2C=O. The molecule has 1 aliphatic rings. The minimum atomic E-state index is -0.0278. The first kappa shape index (κ1) is 7.46. The molecule has 0 amide bonds. The molecule has 2 heterocycles. The Balaban J connectivity index is 2.43. The van der Waals surface area contributed by atoms with Crippen LogP contribution in [0.25, 0.3) is 0 Å². The molecule has 0 saturated carbocycles. The van der Waals surface area contributed by atoms with Crippen molar-refractivity contribution in [2.24, 2.45) is 0 Å². The smallest absolute Gasteiger partial charge is 0.147 e. The van der Waals surface area contributed by atoms with Gasteiger partial charge in [-0.15, -0.1) is 0 Å². The van der Waals surface area contributed by atoms with Crippen molar-refractivity contribution >= 4 is 6.29 Å². The molecule has 0 saturated heterocycles. The van der Waals surface area contributed by atoms with E-state index in [1.807, 2.05) is 11.6 Å². The van der Waals surface area contributed by atoms with E-state index in [4.69, 9.17) is 0 Å². The Hall–Kier alpha value is -1.19. The van der Waals surface area contributed by atoms with E-state index in [0.717, 1.165) is 37.3 Å². The maximum Gasteiger partial charge on any atom is 0.147 e. The van der Waals surface area contributed by atoms with Gasteiger partial charge in [-0.05, 0) is 19.8 Å². The Morgan fingerprint density at radius 2 is 2.50 bits per heavy atom. The number of fused-ring (bicyclic) bond motifs is 1. The molecule has 1 unspecified atom stereocenters. The number of aryl methyl sites for hydroxylation is 2. The fraction of sp³-hybridized carbons (Fsp3) is 0.625. The third kappa shape index (κ3) is 1.03. The molecule has 1 atom stereocenters. The first-order valence-electron chi connectivity index (χ1n) is 4.18. The number of carbonyl (C=O) groups is 1. The molecule has 1 aromatic rings. The molecular formula is C8H11N3O. The van der Waals surface area contributed by atoms with Crippen LogP contribution >= 0.6 is 0 Å². The molecule has 0 spiro atoms. The van der Waals surface area contributed by atoms with Crippen molar-refractivity contribution in [2.45, 2.75) is 32.2 Å². The summed E-state index contributed by atoms with van der Waals surface area (Å²) in [6.45, 7) is 2.76. The summed E-state index contributed by atoms with van der Waals surface area (Å²) in [7, 11) is 0. The molecule has 0 bridgehead atoms. The third-order valence-electron chi connectivity index (χ3n) is 2.19. The summed E-state index contributed by atoms with van der Waals surface area (Å²) in [6, 6.07) is 0. The highest BCUT2D eigenvalue weighted by Crippen LogP contribution is 2.22. The number of rotatable bonds is 1. The molecule has 1 aromatic heterocycles. The summed E-state index contributed by atoms with van der Waals surface area (Å²) in [6.07, 6.45) is 2.92. The van der Waals surface area contributed by atoms with Gasteiger partial charge in [0.1, 0.15) is 17.9 Å². The predicted octanol–water partition coefficient (Wildman–Crippen LogP) is 0.663. The van der Waals surface area contributed by atoms with Crippen LogP contribution in [0, 0.1) is 6.92 Å². The minimum Gasteiger partial charge on any atom is -0.303 e. The molecule has 0 N–H and O–H groups in total. The third-order valence-corrected chi connectivity index (χ3v) is 2.19. The van der Waals surface area contributed by atoms with Gasteiger partial charge in [-0.2, -0.15) is 5.10 Å². The lowest BCUT2D eigenvalue weighted by Gasteiger charge is -2.16. The van der Waals surface area contributed by atoms with Crippen LogP contribution < -0.4 is 0 Å². The molecule has 0 radical (unpaired) electrons. The molecule has 2 rings (SSSR count). The second-order valence-corrected chi connectivity index (χ2v) is 3.13. The Labute approximate surface area is 70.6 Å². The van der Waals surface area contributed by atoms with Crippen LogP contribution in [-0.2, 0) is 11.3 Å². The molecule has 0 aliphatic carbocycles. The van der Waals surface area contributed by atoms with Gasteiger partial charge in [0.2, 0.25) is 0 Å². The largest absolute Gasteiger partial charge is 0.303 e. The molecule has 4 nitrogen and oxygen atoms in total. The van der Waals surface area contributed by atoms with E-state index in [-0.39, 0.29) is 5.92 Å². The van der Waals surface area contributed by atoms with E-state index >= 15 is 0 Å². The van der Waals surface area contributed by atoms with E-state index in [0.29, 0.717) is 0 Å². The average Bonchev–Trinajstić information content (AvgIpc) is 2.44. The summed E-state index contributed by atoms with van der Waals surface area (Å²) in [5.41, 5.74) is 0. The number of aromatic nitrogens is 3. The second kappa shape index (κ2) is 2.69. The molecule has 4 heteroatoms. The van der Waals surface area contributed by atoms with Crippen LogP contribution in [-0.4, -0.2) is 21.1 Å². The van der Waals surface area contributed by atoms with Crippen molar-refractivity contribution in [1.82, 2.24) is 14.8 Å². The molecule has 1 aliphatic heterocycles. The maximum atomic E-state index is 10.7. The summed E-state index contributed by atoms with van der Waals surface area (Å²) in [5.74, 6) is 1.58. The van der Waals surface area contributed by atoms with Gasteiger partial charge >= 0.3 is 0 Å². The van der Waals surface area contributed by atoms with Crippen LogP contribution in [0.5, 0.6) is 0 Å². The number of nitrogens with zero attached hydrogens (tertiary/aromatic N) is 3. The average molecular weight is 165 g/mol. The fourth-order valence-electron chi connectivity index (χ4n) is 1.63. The second-order valence-electron chi connectivity index (χ2n) is 3.13. The summed E-state index contributed by atoms with van der Waals surface area (Å²) >= 11 is 0. The summed E-state index contributed by atoms with van der Waals surface area (Å²) in [5, 5.41) is 4.20. The van der Waals surface area contributed by atoms with Crippen molar-refractivity contribution in [3.05, 3.63) is 11.6 Å². The van der Waals surface area contributed by atoms with Crippen molar-refractivity contribution in [3.63, 3.8) is 0 Å². The van der Waals surface area contributed by atoms with Gasteiger partial charge in [-0.25, -0.2) is 9.67 Å². The zero-order valence-corrected chi connectivity index (χ0v) is 7.03. The minimum absolute atomic E-state index is 0.0278. The monoisotopic (exact) mass is 165 g/mol. The Morgan fingerprint density at radius 1 is 1.67 bits per heavy atom. The van der Waals surface area contributed by atoms with Gasteiger partial charge in [0.05, 0.1) is 5.92 Å². The van der Waals surface area contributed by atoms with Gasteiger partial charge in [-0.3, -0.25) is 0 Å². The molecule has 0 fully saturated rings. The number of hydrogen-bond acceptors (Lipinski definition) is 3. The first-order chi connectivity index (χ1) is 5.81. The highest BCUT2D eigenvalue weighted by atomic mass is 16.1. The summed E-state index contributed by atoms with van der Waals surface area (Å²) in [4.78, 5) is 14.9. The Bertz CT molecular complexity index is 305. The van der Waals surface area contributed by atoms with E-state index in [2.05, 4.69) is 10.1 Å². The van der Waals surface area contributed by atoms with Crippen LogP contribution in [0.3, 0.4) is 0 Å². The first-order valence-corrected chi connectivity index (χ1v) is 4.18. The molecule has 12 heavy (non-hydrogen) atoms. The van der Waals surface area contributed by atoms with E-state index in [1.54, 1.807) is 0 Å². The van der Waals surface area contributed by atoms with Crippen LogP contribution in [0.4, 0.5) is 0 Å². The van der Waals surface area contributed by atoms with Crippen LogP contribution in [0.2, 0.25) is 0 Å². The summed E-state index contributed by atoms with van der Waals surface area (Å²) < 4.78 is 1.85. The highest BCUT2D eigenvalue weighted by Gasteiger charge is 2.22. The number of carbonyl (C=O) groups excluding carboxylic acids is 1. The van der Waals surface area contributed by atoms with Gasteiger partial charge in [0.15, 0.2) is 0 Å². The van der Waals surface area contributed by atoms with Crippen molar-refractivity contribution in [3.8, 4) is 0 Å². The Kier molecular flexibility index (Phi) is 1.67. The van der Waals surface area contributed by atoms with Gasteiger partial charge in [-0.1, -0.05) is 0 Å². The lowest BCUT2D eigenvalue weighted by atomic mass is 10.0. The fourth-order valence-corrected chi connectivity index (χ4v) is 1.63. The van der Waals surface area contributed by atoms with Gasteiger partial charge in [0, 0.05) is 6.54 Å². The molecule has 64 valence electrons. The van der Waals surface area contributed by atoms with Crippen LogP contribution in [0.15, 0.2) is 0 Å². The van der Waals surface area contributed by atoms with Gasteiger partial charge < -0.3 is 4.79 Å². The highest BCUT2D eigenvalue weighted by molar-refractivity contribution is 5.60. The lowest BCUT2D eigenvalue weighted by molar-refractivity contribution is -0.109. The van der Waals surface area contributed by atoms with Crippen molar-refractivity contribution < 1.29 is 4.79 Å². The zero-order chi connectivity index (χ0) is 8.55. The van der Waals surface area contributed by atoms with Crippen LogP contribution in [0.1, 0.15) is 30.4 Å². The van der Waals surface area contributed by atoms with E-state index in [1.165, 1.54) is 0 Å². The standard InChI is InChI=1S/C8H11N3O/c1-6-9-8-7(5-12)3-2-4-11(8)10-6/h5,7H,2-4H2,1H3.